The average Bonchev–Trinajstić information content (AvgIpc) is 2.39. The zero-order valence-electron chi connectivity index (χ0n) is 10.4. The molecule has 0 radical (unpaired) electrons. The maximum Gasteiger partial charge on any atom is 0.263 e. The molecule has 0 bridgehead atoms. The Balaban J connectivity index is 2.35. The van der Waals surface area contributed by atoms with Crippen molar-refractivity contribution in [3.05, 3.63) is 76.5 Å². The predicted molar refractivity (Wildman–Crippen MR) is 73.8 cm³/mol. The molecule has 94 valence electrons. The predicted octanol–water partition coefficient (Wildman–Crippen LogP) is 3.41. The minimum atomic E-state index is -0.341. The molecule has 0 atom stereocenters. The third-order valence-electron chi connectivity index (χ3n) is 3.21. The second-order valence-electron chi connectivity index (χ2n) is 4.49. The third-order valence-corrected chi connectivity index (χ3v) is 3.21. The van der Waals surface area contributed by atoms with Crippen LogP contribution in [-0.4, -0.2) is 4.40 Å². The smallest absolute Gasteiger partial charge is 0.263 e. The first kappa shape index (κ1) is 11.7. The summed E-state index contributed by atoms with van der Waals surface area (Å²) in [5.74, 6) is -0.341. The molecule has 0 saturated carbocycles. The SMILES string of the molecule is Cc1cccc2ccc(-c3cccc(F)c3)c(=O)n12. The fraction of sp³-hybridized carbons (Fsp3) is 0.0625. The Labute approximate surface area is 109 Å². The highest BCUT2D eigenvalue weighted by Crippen LogP contribution is 2.17. The molecule has 2 aromatic heterocycles. The van der Waals surface area contributed by atoms with Crippen molar-refractivity contribution >= 4 is 5.52 Å². The van der Waals surface area contributed by atoms with Crippen LogP contribution in [0.5, 0.6) is 0 Å². The van der Waals surface area contributed by atoms with Crippen LogP contribution < -0.4 is 5.56 Å². The van der Waals surface area contributed by atoms with Crippen LogP contribution in [0, 0.1) is 12.7 Å². The fourth-order valence-electron chi connectivity index (χ4n) is 2.28. The number of halogens is 1. The number of hydrogen-bond donors (Lipinski definition) is 0. The van der Waals surface area contributed by atoms with Gasteiger partial charge >= 0.3 is 0 Å². The molecular weight excluding hydrogens is 241 g/mol. The van der Waals surface area contributed by atoms with E-state index in [0.717, 1.165) is 11.2 Å². The van der Waals surface area contributed by atoms with Gasteiger partial charge < -0.3 is 0 Å². The molecule has 0 N–H and O–H groups in total. The maximum atomic E-state index is 13.3. The first-order chi connectivity index (χ1) is 9.16. The van der Waals surface area contributed by atoms with Crippen molar-refractivity contribution in [1.82, 2.24) is 4.40 Å². The molecule has 0 aliphatic carbocycles. The number of pyridine rings is 2. The number of fused-ring (bicyclic) bond motifs is 1. The molecular formula is C16H12FNO. The summed E-state index contributed by atoms with van der Waals surface area (Å²) in [5.41, 5.74) is 2.68. The summed E-state index contributed by atoms with van der Waals surface area (Å²) in [5, 5.41) is 0. The monoisotopic (exact) mass is 253 g/mol. The minimum absolute atomic E-state index is 0.124. The quantitative estimate of drug-likeness (QED) is 0.651. The van der Waals surface area contributed by atoms with Crippen LogP contribution in [0.3, 0.4) is 0 Å². The Kier molecular flexibility index (Phi) is 2.67. The standard InChI is InChI=1S/C16H12FNO/c1-11-4-2-7-14-8-9-15(16(19)18(11)14)12-5-3-6-13(17)10-12/h2-10H,1H3. The molecule has 0 fully saturated rings. The van der Waals surface area contributed by atoms with Gasteiger partial charge in [0.25, 0.3) is 5.56 Å². The van der Waals surface area contributed by atoms with E-state index in [0.29, 0.717) is 11.1 Å². The van der Waals surface area contributed by atoms with Crippen LogP contribution in [-0.2, 0) is 0 Å². The number of aryl methyl sites for hydroxylation is 1. The largest absolute Gasteiger partial charge is 0.281 e. The summed E-state index contributed by atoms with van der Waals surface area (Å²) >= 11 is 0. The summed E-state index contributed by atoms with van der Waals surface area (Å²) in [6.07, 6.45) is 0. The molecule has 0 aliphatic rings. The van der Waals surface area contributed by atoms with Gasteiger partial charge in [-0.1, -0.05) is 18.2 Å². The van der Waals surface area contributed by atoms with E-state index in [-0.39, 0.29) is 11.4 Å². The van der Waals surface area contributed by atoms with Crippen LogP contribution in [0.2, 0.25) is 0 Å². The molecule has 0 saturated heterocycles. The molecule has 0 aliphatic heterocycles. The number of nitrogens with zero attached hydrogens (tertiary/aromatic N) is 1. The Morgan fingerprint density at radius 3 is 2.58 bits per heavy atom. The van der Waals surface area contributed by atoms with Crippen molar-refractivity contribution < 1.29 is 4.39 Å². The van der Waals surface area contributed by atoms with Crippen molar-refractivity contribution in [1.29, 1.82) is 0 Å². The molecule has 0 amide bonds. The lowest BCUT2D eigenvalue weighted by Crippen LogP contribution is -2.17. The van der Waals surface area contributed by atoms with Gasteiger partial charge in [0.15, 0.2) is 0 Å². The lowest BCUT2D eigenvalue weighted by molar-refractivity contribution is 0.628. The van der Waals surface area contributed by atoms with Crippen molar-refractivity contribution in [2.45, 2.75) is 6.92 Å². The number of aromatic nitrogens is 1. The van der Waals surface area contributed by atoms with Gasteiger partial charge in [-0.05, 0) is 48.9 Å². The molecule has 19 heavy (non-hydrogen) atoms. The van der Waals surface area contributed by atoms with Gasteiger partial charge in [0.1, 0.15) is 5.82 Å². The Morgan fingerprint density at radius 1 is 1.00 bits per heavy atom. The number of benzene rings is 1. The first-order valence-corrected chi connectivity index (χ1v) is 6.04. The molecule has 3 heteroatoms. The zero-order valence-corrected chi connectivity index (χ0v) is 10.4. The molecule has 2 heterocycles. The van der Waals surface area contributed by atoms with E-state index in [4.69, 9.17) is 0 Å². The summed E-state index contributed by atoms with van der Waals surface area (Å²) in [4.78, 5) is 12.5. The molecule has 0 spiro atoms. The van der Waals surface area contributed by atoms with E-state index in [2.05, 4.69) is 0 Å². The van der Waals surface area contributed by atoms with Crippen molar-refractivity contribution in [3.8, 4) is 11.1 Å². The Hall–Kier alpha value is -2.42. The zero-order chi connectivity index (χ0) is 13.4. The van der Waals surface area contributed by atoms with E-state index in [1.807, 2.05) is 31.2 Å². The second-order valence-corrected chi connectivity index (χ2v) is 4.49. The molecule has 3 rings (SSSR count). The van der Waals surface area contributed by atoms with Gasteiger partial charge in [-0.25, -0.2) is 4.39 Å². The van der Waals surface area contributed by atoms with E-state index in [1.165, 1.54) is 12.1 Å². The van der Waals surface area contributed by atoms with Gasteiger partial charge in [-0.15, -0.1) is 0 Å². The van der Waals surface area contributed by atoms with Crippen LogP contribution in [0.25, 0.3) is 16.6 Å². The molecule has 2 nitrogen and oxygen atoms in total. The van der Waals surface area contributed by atoms with Gasteiger partial charge in [0.2, 0.25) is 0 Å². The topological polar surface area (TPSA) is 21.5 Å². The second kappa shape index (κ2) is 4.35. The average molecular weight is 253 g/mol. The van der Waals surface area contributed by atoms with Gasteiger partial charge in [-0.3, -0.25) is 9.20 Å². The summed E-state index contributed by atoms with van der Waals surface area (Å²) in [7, 11) is 0. The number of hydrogen-bond acceptors (Lipinski definition) is 1. The van der Waals surface area contributed by atoms with Crippen molar-refractivity contribution in [3.63, 3.8) is 0 Å². The maximum absolute atomic E-state index is 13.3. The molecule has 3 aromatic rings. The van der Waals surface area contributed by atoms with Gasteiger partial charge in [0.05, 0.1) is 0 Å². The van der Waals surface area contributed by atoms with Crippen LogP contribution in [0.1, 0.15) is 5.69 Å². The van der Waals surface area contributed by atoms with Crippen LogP contribution in [0.15, 0.2) is 59.4 Å². The van der Waals surface area contributed by atoms with Gasteiger partial charge in [-0.2, -0.15) is 0 Å². The highest BCUT2D eigenvalue weighted by atomic mass is 19.1. The van der Waals surface area contributed by atoms with Gasteiger partial charge in [0, 0.05) is 16.8 Å². The lowest BCUT2D eigenvalue weighted by atomic mass is 10.1. The van der Waals surface area contributed by atoms with E-state index >= 15 is 0 Å². The van der Waals surface area contributed by atoms with Crippen molar-refractivity contribution in [2.75, 3.05) is 0 Å². The minimum Gasteiger partial charge on any atom is -0.281 e. The highest BCUT2D eigenvalue weighted by molar-refractivity contribution is 5.65. The van der Waals surface area contributed by atoms with E-state index < -0.39 is 0 Å². The van der Waals surface area contributed by atoms with Crippen LogP contribution in [0.4, 0.5) is 4.39 Å². The summed E-state index contributed by atoms with van der Waals surface area (Å²) in [6, 6.07) is 15.4. The van der Waals surface area contributed by atoms with Crippen LogP contribution >= 0.6 is 0 Å². The molecule has 1 aromatic carbocycles. The Bertz CT molecular complexity index is 820. The third kappa shape index (κ3) is 1.93. The lowest BCUT2D eigenvalue weighted by Gasteiger charge is -2.07. The fourth-order valence-corrected chi connectivity index (χ4v) is 2.28. The van der Waals surface area contributed by atoms with E-state index in [1.54, 1.807) is 22.6 Å². The van der Waals surface area contributed by atoms with Crippen molar-refractivity contribution in [2.24, 2.45) is 0 Å². The Morgan fingerprint density at radius 2 is 1.79 bits per heavy atom. The first-order valence-electron chi connectivity index (χ1n) is 6.04. The summed E-state index contributed by atoms with van der Waals surface area (Å²) < 4.78 is 14.9. The summed E-state index contributed by atoms with van der Waals surface area (Å²) in [6.45, 7) is 1.88. The normalized spacial score (nSPS) is 10.8. The number of rotatable bonds is 1. The van der Waals surface area contributed by atoms with E-state index in [9.17, 15) is 9.18 Å². The highest BCUT2D eigenvalue weighted by Gasteiger charge is 2.07. The molecule has 0 unspecified atom stereocenters.